The number of nitrogens with two attached hydrogens (primary N) is 1. The number of benzene rings is 2. The number of nitrogens with zero attached hydrogens (tertiary/aromatic N) is 3. The minimum Gasteiger partial charge on any atom is -0.423 e. The average Bonchev–Trinajstić information content (AvgIpc) is 3.21. The maximum Gasteiger partial charge on any atom is 0.298 e. The van der Waals surface area contributed by atoms with E-state index in [1.54, 1.807) is 4.90 Å². The lowest BCUT2D eigenvalue weighted by Gasteiger charge is -2.33. The molecule has 0 spiro atoms. The van der Waals surface area contributed by atoms with Gasteiger partial charge in [0, 0.05) is 38.5 Å². The monoisotopic (exact) mass is 406 g/mol. The van der Waals surface area contributed by atoms with Gasteiger partial charge in [-0.15, -0.1) is 0 Å². The molecule has 0 saturated carbocycles. The molecule has 4 rings (SSSR count). The van der Waals surface area contributed by atoms with E-state index < -0.39 is 5.91 Å². The highest BCUT2D eigenvalue weighted by Gasteiger charge is 2.30. The molecular weight excluding hydrogens is 380 g/mol. The first-order valence-electron chi connectivity index (χ1n) is 10.3. The van der Waals surface area contributed by atoms with Crippen LogP contribution in [0.5, 0.6) is 0 Å². The fourth-order valence-corrected chi connectivity index (χ4v) is 3.89. The number of anilines is 1. The first-order valence-corrected chi connectivity index (χ1v) is 10.3. The number of piperidine rings is 1. The van der Waals surface area contributed by atoms with Crippen molar-refractivity contribution in [2.75, 3.05) is 24.5 Å². The van der Waals surface area contributed by atoms with E-state index in [9.17, 15) is 9.59 Å². The molecule has 3 aromatic rings. The number of primary amides is 1. The molecule has 0 aliphatic carbocycles. The van der Waals surface area contributed by atoms with Gasteiger partial charge in [0.2, 0.25) is 11.8 Å². The zero-order valence-corrected chi connectivity index (χ0v) is 16.9. The summed E-state index contributed by atoms with van der Waals surface area (Å²) >= 11 is 0. The van der Waals surface area contributed by atoms with Crippen LogP contribution in [0.25, 0.3) is 11.1 Å². The third kappa shape index (κ3) is 4.62. The summed E-state index contributed by atoms with van der Waals surface area (Å²) < 4.78 is 5.86. The summed E-state index contributed by atoms with van der Waals surface area (Å²) in [7, 11) is 0. The summed E-state index contributed by atoms with van der Waals surface area (Å²) in [5.74, 6) is -0.397. The second-order valence-electron chi connectivity index (χ2n) is 7.69. The smallest absolute Gasteiger partial charge is 0.298 e. The van der Waals surface area contributed by atoms with Crippen LogP contribution in [0.1, 0.15) is 24.8 Å². The van der Waals surface area contributed by atoms with Crippen molar-refractivity contribution in [1.29, 1.82) is 0 Å². The normalized spacial score (nSPS) is 14.7. The Labute approximate surface area is 175 Å². The van der Waals surface area contributed by atoms with Crippen LogP contribution in [0.2, 0.25) is 0 Å². The van der Waals surface area contributed by atoms with Gasteiger partial charge in [-0.05, 0) is 30.5 Å². The average molecular weight is 406 g/mol. The van der Waals surface area contributed by atoms with E-state index in [2.05, 4.69) is 9.88 Å². The largest absolute Gasteiger partial charge is 0.423 e. The predicted molar refractivity (Wildman–Crippen MR) is 115 cm³/mol. The van der Waals surface area contributed by atoms with E-state index in [0.717, 1.165) is 29.5 Å². The Morgan fingerprint density at radius 1 is 1.07 bits per heavy atom. The van der Waals surface area contributed by atoms with Gasteiger partial charge in [0.05, 0.1) is 0 Å². The van der Waals surface area contributed by atoms with Crippen LogP contribution in [0.3, 0.4) is 0 Å². The van der Waals surface area contributed by atoms with Crippen molar-refractivity contribution in [3.63, 3.8) is 0 Å². The second kappa shape index (κ2) is 8.98. The summed E-state index contributed by atoms with van der Waals surface area (Å²) in [5, 5.41) is 0. The molecule has 1 aromatic heterocycles. The van der Waals surface area contributed by atoms with Crippen LogP contribution in [0.15, 0.2) is 59.0 Å². The quantitative estimate of drug-likeness (QED) is 0.651. The van der Waals surface area contributed by atoms with Crippen LogP contribution in [-0.2, 0) is 16.1 Å². The number of hydrogen-bond donors (Lipinski definition) is 1. The van der Waals surface area contributed by atoms with Gasteiger partial charge in [0.15, 0.2) is 5.58 Å². The van der Waals surface area contributed by atoms with Crippen LogP contribution in [0.4, 0.5) is 6.01 Å². The standard InChI is InChI=1S/C23H26N4O3/c24-21(28)12-15-27(16-17-6-2-1-3-7-17)22(29)18-10-13-26(14-11-18)23-25-19-8-4-5-9-20(19)30-23/h1-9,18H,10-16H2,(H2,24,28). The van der Waals surface area contributed by atoms with Gasteiger partial charge in [-0.3, -0.25) is 9.59 Å². The number of hydrogen-bond acceptors (Lipinski definition) is 5. The fourth-order valence-electron chi connectivity index (χ4n) is 3.89. The van der Waals surface area contributed by atoms with Gasteiger partial charge >= 0.3 is 0 Å². The predicted octanol–water partition coefficient (Wildman–Crippen LogP) is 2.95. The summed E-state index contributed by atoms with van der Waals surface area (Å²) in [6.07, 6.45) is 1.61. The van der Waals surface area contributed by atoms with Crippen LogP contribution in [-0.4, -0.2) is 41.3 Å². The van der Waals surface area contributed by atoms with Crippen molar-refractivity contribution in [3.05, 3.63) is 60.2 Å². The highest BCUT2D eigenvalue weighted by molar-refractivity contribution is 5.80. The minimum absolute atomic E-state index is 0.0809. The molecule has 2 aromatic carbocycles. The van der Waals surface area contributed by atoms with Crippen LogP contribution >= 0.6 is 0 Å². The summed E-state index contributed by atoms with van der Waals surface area (Å²) in [5.41, 5.74) is 7.98. The van der Waals surface area contributed by atoms with Gasteiger partial charge in [-0.25, -0.2) is 0 Å². The van der Waals surface area contributed by atoms with E-state index in [1.807, 2.05) is 54.6 Å². The number of para-hydroxylation sites is 2. The van der Waals surface area contributed by atoms with Crippen LogP contribution < -0.4 is 10.6 Å². The number of carbonyl (C=O) groups excluding carboxylic acids is 2. The lowest BCUT2D eigenvalue weighted by Crippen LogP contribution is -2.43. The van der Waals surface area contributed by atoms with Crippen molar-refractivity contribution in [2.24, 2.45) is 11.7 Å². The van der Waals surface area contributed by atoms with Crippen molar-refractivity contribution < 1.29 is 14.0 Å². The van der Waals surface area contributed by atoms with E-state index in [0.29, 0.717) is 32.2 Å². The lowest BCUT2D eigenvalue weighted by molar-refractivity contribution is -0.137. The molecule has 1 aliphatic rings. The molecular formula is C23H26N4O3. The fraction of sp³-hybridized carbons (Fsp3) is 0.348. The zero-order chi connectivity index (χ0) is 20.9. The Kier molecular flexibility index (Phi) is 5.97. The molecule has 30 heavy (non-hydrogen) atoms. The summed E-state index contributed by atoms with van der Waals surface area (Å²) in [6, 6.07) is 18.1. The van der Waals surface area contributed by atoms with E-state index in [1.165, 1.54) is 0 Å². The third-order valence-electron chi connectivity index (χ3n) is 5.55. The zero-order valence-electron chi connectivity index (χ0n) is 16.9. The molecule has 2 amide bonds. The van der Waals surface area contributed by atoms with E-state index >= 15 is 0 Å². The van der Waals surface area contributed by atoms with Gasteiger partial charge in [-0.1, -0.05) is 42.5 Å². The molecule has 0 atom stereocenters. The molecule has 2 heterocycles. The number of carbonyl (C=O) groups is 2. The Bertz CT molecular complexity index is 976. The molecule has 7 heteroatoms. The Hall–Kier alpha value is -3.35. The topological polar surface area (TPSA) is 92.7 Å². The summed E-state index contributed by atoms with van der Waals surface area (Å²) in [6.45, 7) is 2.24. The molecule has 7 nitrogen and oxygen atoms in total. The Morgan fingerprint density at radius 2 is 1.77 bits per heavy atom. The highest BCUT2D eigenvalue weighted by atomic mass is 16.4. The SMILES string of the molecule is NC(=O)CCN(Cc1ccccc1)C(=O)C1CCN(c2nc3ccccc3o2)CC1. The maximum absolute atomic E-state index is 13.2. The highest BCUT2D eigenvalue weighted by Crippen LogP contribution is 2.27. The van der Waals surface area contributed by atoms with Gasteiger partial charge < -0.3 is 20.0 Å². The molecule has 156 valence electrons. The molecule has 0 bridgehead atoms. The second-order valence-corrected chi connectivity index (χ2v) is 7.69. The maximum atomic E-state index is 13.2. The molecule has 0 unspecified atom stereocenters. The Balaban J connectivity index is 1.40. The minimum atomic E-state index is -0.397. The number of rotatable bonds is 7. The van der Waals surface area contributed by atoms with Gasteiger partial charge in [-0.2, -0.15) is 4.98 Å². The van der Waals surface area contributed by atoms with E-state index in [-0.39, 0.29) is 18.2 Å². The number of aromatic nitrogens is 1. The number of fused-ring (bicyclic) bond motifs is 1. The molecule has 1 saturated heterocycles. The van der Waals surface area contributed by atoms with Gasteiger partial charge in [0.25, 0.3) is 6.01 Å². The molecule has 1 fully saturated rings. The number of oxazole rings is 1. The lowest BCUT2D eigenvalue weighted by atomic mass is 9.95. The van der Waals surface area contributed by atoms with E-state index in [4.69, 9.17) is 10.2 Å². The first-order chi connectivity index (χ1) is 14.6. The van der Waals surface area contributed by atoms with Crippen molar-refractivity contribution >= 4 is 28.9 Å². The molecule has 1 aliphatic heterocycles. The number of amides is 2. The van der Waals surface area contributed by atoms with Gasteiger partial charge in [0.1, 0.15) is 5.52 Å². The first kappa shape index (κ1) is 19.9. The van der Waals surface area contributed by atoms with Crippen molar-refractivity contribution in [2.45, 2.75) is 25.8 Å². The van der Waals surface area contributed by atoms with Crippen molar-refractivity contribution in [3.8, 4) is 0 Å². The molecule has 2 N–H and O–H groups in total. The third-order valence-corrected chi connectivity index (χ3v) is 5.55. The molecule has 0 radical (unpaired) electrons. The van der Waals surface area contributed by atoms with Crippen LogP contribution in [0, 0.1) is 5.92 Å². The Morgan fingerprint density at radius 3 is 2.47 bits per heavy atom. The van der Waals surface area contributed by atoms with Crippen molar-refractivity contribution in [1.82, 2.24) is 9.88 Å². The summed E-state index contributed by atoms with van der Waals surface area (Å²) in [4.78, 5) is 32.9.